The number of ether oxygens (including phenoxy) is 1. The second-order valence-corrected chi connectivity index (χ2v) is 5.27. The highest BCUT2D eigenvalue weighted by molar-refractivity contribution is 9.10. The van der Waals surface area contributed by atoms with E-state index >= 15 is 0 Å². The molecule has 2 atom stereocenters. The van der Waals surface area contributed by atoms with Crippen molar-refractivity contribution in [1.82, 2.24) is 5.32 Å². The van der Waals surface area contributed by atoms with Gasteiger partial charge in [-0.2, -0.15) is 0 Å². The average Bonchev–Trinajstić information content (AvgIpc) is 2.37. The van der Waals surface area contributed by atoms with Crippen molar-refractivity contribution in [3.63, 3.8) is 0 Å². The van der Waals surface area contributed by atoms with Crippen LogP contribution in [0.15, 0.2) is 22.7 Å². The lowest BCUT2D eigenvalue weighted by atomic mass is 10.1. The minimum absolute atomic E-state index is 0.205. The second kappa shape index (κ2) is 7.77. The Morgan fingerprint density at radius 3 is 2.72 bits per heavy atom. The number of aliphatic hydroxyl groups excluding tert-OH is 1. The fourth-order valence-corrected chi connectivity index (χ4v) is 2.47. The minimum Gasteiger partial charge on any atom is -0.497 e. The quantitative estimate of drug-likeness (QED) is 0.811. The molecule has 0 radical (unpaired) electrons. The standard InChI is InChI=1S/C14H22BrNO2/c1-4-11(17)7-8-16-10(2)13-6-5-12(18-3)9-14(13)15/h5-6,9-11,16-17H,4,7-8H2,1-3H3. The van der Waals surface area contributed by atoms with Gasteiger partial charge in [-0.05, 0) is 44.0 Å². The smallest absolute Gasteiger partial charge is 0.120 e. The predicted molar refractivity (Wildman–Crippen MR) is 78.0 cm³/mol. The fraction of sp³-hybridized carbons (Fsp3) is 0.571. The van der Waals surface area contributed by atoms with Crippen molar-refractivity contribution in [3.8, 4) is 5.75 Å². The Balaban J connectivity index is 2.53. The number of hydrogen-bond donors (Lipinski definition) is 2. The van der Waals surface area contributed by atoms with Gasteiger partial charge < -0.3 is 15.2 Å². The Labute approximate surface area is 118 Å². The Morgan fingerprint density at radius 1 is 1.44 bits per heavy atom. The summed E-state index contributed by atoms with van der Waals surface area (Å²) in [6.07, 6.45) is 1.39. The van der Waals surface area contributed by atoms with E-state index in [4.69, 9.17) is 4.74 Å². The van der Waals surface area contributed by atoms with E-state index in [1.807, 2.05) is 19.1 Å². The van der Waals surface area contributed by atoms with E-state index in [1.165, 1.54) is 5.56 Å². The molecule has 102 valence electrons. The number of hydrogen-bond acceptors (Lipinski definition) is 3. The zero-order chi connectivity index (χ0) is 13.5. The van der Waals surface area contributed by atoms with Gasteiger partial charge in [-0.1, -0.05) is 28.9 Å². The lowest BCUT2D eigenvalue weighted by Crippen LogP contribution is -2.23. The van der Waals surface area contributed by atoms with Gasteiger partial charge in [0.2, 0.25) is 0 Å². The topological polar surface area (TPSA) is 41.5 Å². The van der Waals surface area contributed by atoms with E-state index in [0.29, 0.717) is 0 Å². The summed E-state index contributed by atoms with van der Waals surface area (Å²) in [5.41, 5.74) is 1.20. The summed E-state index contributed by atoms with van der Waals surface area (Å²) >= 11 is 3.55. The van der Waals surface area contributed by atoms with Gasteiger partial charge in [0, 0.05) is 10.5 Å². The molecule has 0 aromatic heterocycles. The Kier molecular flexibility index (Phi) is 6.68. The number of aliphatic hydroxyl groups is 1. The molecule has 3 nitrogen and oxygen atoms in total. The van der Waals surface area contributed by atoms with E-state index in [0.717, 1.165) is 29.6 Å². The second-order valence-electron chi connectivity index (χ2n) is 4.41. The lowest BCUT2D eigenvalue weighted by molar-refractivity contribution is 0.159. The van der Waals surface area contributed by atoms with E-state index < -0.39 is 0 Å². The van der Waals surface area contributed by atoms with Crippen LogP contribution < -0.4 is 10.1 Å². The molecule has 4 heteroatoms. The zero-order valence-electron chi connectivity index (χ0n) is 11.2. The zero-order valence-corrected chi connectivity index (χ0v) is 12.8. The van der Waals surface area contributed by atoms with Crippen molar-refractivity contribution in [1.29, 1.82) is 0 Å². The highest BCUT2D eigenvalue weighted by Crippen LogP contribution is 2.27. The van der Waals surface area contributed by atoms with Gasteiger partial charge in [0.1, 0.15) is 5.75 Å². The first kappa shape index (κ1) is 15.5. The number of nitrogens with one attached hydrogen (secondary N) is 1. The van der Waals surface area contributed by atoms with Gasteiger partial charge in [0.25, 0.3) is 0 Å². The first-order valence-electron chi connectivity index (χ1n) is 6.33. The third-order valence-electron chi connectivity index (χ3n) is 3.07. The molecule has 0 saturated carbocycles. The number of methoxy groups -OCH3 is 1. The molecule has 18 heavy (non-hydrogen) atoms. The van der Waals surface area contributed by atoms with Crippen LogP contribution in [-0.2, 0) is 0 Å². The van der Waals surface area contributed by atoms with E-state index in [1.54, 1.807) is 7.11 Å². The summed E-state index contributed by atoms with van der Waals surface area (Å²) < 4.78 is 6.21. The van der Waals surface area contributed by atoms with Crippen molar-refractivity contribution in [2.24, 2.45) is 0 Å². The summed E-state index contributed by atoms with van der Waals surface area (Å²) in [6, 6.07) is 6.22. The van der Waals surface area contributed by atoms with Crippen LogP contribution in [0.1, 0.15) is 38.3 Å². The van der Waals surface area contributed by atoms with Crippen molar-refractivity contribution in [2.45, 2.75) is 38.8 Å². The van der Waals surface area contributed by atoms with Gasteiger partial charge in [-0.3, -0.25) is 0 Å². The number of rotatable bonds is 7. The van der Waals surface area contributed by atoms with Crippen molar-refractivity contribution in [3.05, 3.63) is 28.2 Å². The average molecular weight is 316 g/mol. The maximum atomic E-state index is 9.50. The molecule has 1 aromatic rings. The molecule has 0 aliphatic rings. The highest BCUT2D eigenvalue weighted by Gasteiger charge is 2.10. The summed E-state index contributed by atoms with van der Waals surface area (Å²) in [7, 11) is 1.66. The number of benzene rings is 1. The van der Waals surface area contributed by atoms with E-state index in [9.17, 15) is 5.11 Å². The molecule has 0 spiro atoms. The largest absolute Gasteiger partial charge is 0.497 e. The molecule has 0 aliphatic heterocycles. The molecule has 0 amide bonds. The molecule has 0 fully saturated rings. The van der Waals surface area contributed by atoms with Crippen molar-refractivity contribution < 1.29 is 9.84 Å². The van der Waals surface area contributed by atoms with Gasteiger partial charge in [0.05, 0.1) is 13.2 Å². The first-order valence-corrected chi connectivity index (χ1v) is 7.12. The molecule has 0 bridgehead atoms. The molecule has 0 heterocycles. The van der Waals surface area contributed by atoms with Gasteiger partial charge in [0.15, 0.2) is 0 Å². The summed E-state index contributed by atoms with van der Waals surface area (Å²) in [5.74, 6) is 0.847. The Bertz CT molecular complexity index is 371. The molecule has 1 rings (SSSR count). The van der Waals surface area contributed by atoms with Gasteiger partial charge in [-0.15, -0.1) is 0 Å². The molecule has 2 N–H and O–H groups in total. The van der Waals surface area contributed by atoms with E-state index in [-0.39, 0.29) is 12.1 Å². The molecule has 2 unspecified atom stereocenters. The van der Waals surface area contributed by atoms with Crippen molar-refractivity contribution >= 4 is 15.9 Å². The van der Waals surface area contributed by atoms with E-state index in [2.05, 4.69) is 34.2 Å². The summed E-state index contributed by atoms with van der Waals surface area (Å²) in [5, 5.41) is 12.9. The maximum absolute atomic E-state index is 9.50. The van der Waals surface area contributed by atoms with Crippen LogP contribution >= 0.6 is 15.9 Å². The van der Waals surface area contributed by atoms with Gasteiger partial charge >= 0.3 is 0 Å². The minimum atomic E-state index is -0.205. The van der Waals surface area contributed by atoms with Crippen LogP contribution in [0.3, 0.4) is 0 Å². The molecule has 0 aliphatic carbocycles. The Hall–Kier alpha value is -0.580. The van der Waals surface area contributed by atoms with Crippen molar-refractivity contribution in [2.75, 3.05) is 13.7 Å². The highest BCUT2D eigenvalue weighted by atomic mass is 79.9. The third kappa shape index (κ3) is 4.59. The monoisotopic (exact) mass is 315 g/mol. The van der Waals surface area contributed by atoms with Crippen LogP contribution in [0.4, 0.5) is 0 Å². The van der Waals surface area contributed by atoms with Crippen LogP contribution in [0.25, 0.3) is 0 Å². The first-order chi connectivity index (χ1) is 8.58. The van der Waals surface area contributed by atoms with Crippen LogP contribution in [0, 0.1) is 0 Å². The predicted octanol–water partition coefficient (Wildman–Crippen LogP) is 3.27. The maximum Gasteiger partial charge on any atom is 0.120 e. The lowest BCUT2D eigenvalue weighted by Gasteiger charge is -2.17. The third-order valence-corrected chi connectivity index (χ3v) is 3.76. The van der Waals surface area contributed by atoms with Crippen LogP contribution in [0.2, 0.25) is 0 Å². The Morgan fingerprint density at radius 2 is 2.17 bits per heavy atom. The number of halogens is 1. The van der Waals surface area contributed by atoms with Crippen LogP contribution in [-0.4, -0.2) is 24.9 Å². The summed E-state index contributed by atoms with van der Waals surface area (Å²) in [4.78, 5) is 0. The van der Waals surface area contributed by atoms with Gasteiger partial charge in [-0.25, -0.2) is 0 Å². The molecule has 0 saturated heterocycles. The molecular formula is C14H22BrNO2. The molecule has 1 aromatic carbocycles. The fourth-order valence-electron chi connectivity index (χ4n) is 1.77. The molecular weight excluding hydrogens is 294 g/mol. The SMILES string of the molecule is CCC(O)CCNC(C)c1ccc(OC)cc1Br. The summed E-state index contributed by atoms with van der Waals surface area (Å²) in [6.45, 7) is 4.92. The van der Waals surface area contributed by atoms with Crippen LogP contribution in [0.5, 0.6) is 5.75 Å². The normalized spacial score (nSPS) is 14.3.